The molecule has 0 atom stereocenters. The Hall–Kier alpha value is -1.45. The first-order chi connectivity index (χ1) is 9.85. The molecule has 112 valence electrons. The van der Waals surface area contributed by atoms with E-state index in [0.717, 1.165) is 28.3 Å². The smallest absolute Gasteiger partial charge is 0.154 e. The molecule has 0 unspecified atom stereocenters. The lowest BCUT2D eigenvalue weighted by Gasteiger charge is -2.19. The molecule has 3 nitrogen and oxygen atoms in total. The monoisotopic (exact) mass is 304 g/mol. The Kier molecular flexibility index (Phi) is 4.96. The maximum absolute atomic E-state index is 6.20. The van der Waals surface area contributed by atoms with Gasteiger partial charge in [-0.25, -0.2) is 9.97 Å². The van der Waals surface area contributed by atoms with Gasteiger partial charge >= 0.3 is 0 Å². The third kappa shape index (κ3) is 4.80. The molecule has 0 amide bonds. The van der Waals surface area contributed by atoms with Crippen molar-refractivity contribution in [3.63, 3.8) is 0 Å². The second-order valence-electron chi connectivity index (χ2n) is 6.07. The second kappa shape index (κ2) is 6.54. The first-order valence-corrected chi connectivity index (χ1v) is 7.42. The summed E-state index contributed by atoms with van der Waals surface area (Å²) >= 11 is 6.20. The summed E-state index contributed by atoms with van der Waals surface area (Å²) in [5.74, 6) is 0.713. The van der Waals surface area contributed by atoms with E-state index in [1.807, 2.05) is 58.2 Å². The molecule has 0 aliphatic carbocycles. The minimum atomic E-state index is -0.187. The van der Waals surface area contributed by atoms with E-state index >= 15 is 0 Å². The maximum Gasteiger partial charge on any atom is 0.154 e. The van der Waals surface area contributed by atoms with Crippen molar-refractivity contribution in [1.82, 2.24) is 9.97 Å². The van der Waals surface area contributed by atoms with Gasteiger partial charge in [0.2, 0.25) is 0 Å². The van der Waals surface area contributed by atoms with Crippen LogP contribution in [0.25, 0.3) is 0 Å². The minimum Gasteiger partial charge on any atom is -0.368 e. The highest BCUT2D eigenvalue weighted by molar-refractivity contribution is 6.31. The molecule has 0 spiro atoms. The summed E-state index contributed by atoms with van der Waals surface area (Å²) in [5, 5.41) is 0.775. The molecular weight excluding hydrogens is 284 g/mol. The summed E-state index contributed by atoms with van der Waals surface area (Å²) in [7, 11) is 0. The van der Waals surface area contributed by atoms with E-state index in [1.54, 1.807) is 0 Å². The first kappa shape index (κ1) is 15.9. The van der Waals surface area contributed by atoms with Gasteiger partial charge in [0, 0.05) is 23.3 Å². The Morgan fingerprint density at radius 1 is 1.14 bits per heavy atom. The molecule has 0 radical (unpaired) electrons. The average molecular weight is 305 g/mol. The van der Waals surface area contributed by atoms with Crippen LogP contribution in [-0.2, 0) is 17.8 Å². The topological polar surface area (TPSA) is 35.0 Å². The van der Waals surface area contributed by atoms with Gasteiger partial charge in [-0.3, -0.25) is 0 Å². The van der Waals surface area contributed by atoms with E-state index in [9.17, 15) is 0 Å². The number of ether oxygens (including phenoxy) is 1. The Bertz CT molecular complexity index is 620. The van der Waals surface area contributed by atoms with E-state index in [0.29, 0.717) is 12.4 Å². The molecule has 0 N–H and O–H groups in total. The van der Waals surface area contributed by atoms with Crippen LogP contribution in [-0.4, -0.2) is 15.6 Å². The average Bonchev–Trinajstić information content (AvgIpc) is 2.41. The molecule has 0 aliphatic heterocycles. The van der Waals surface area contributed by atoms with Gasteiger partial charge in [-0.05, 0) is 44.9 Å². The quantitative estimate of drug-likeness (QED) is 0.842. The summed E-state index contributed by atoms with van der Waals surface area (Å²) < 4.78 is 5.70. The van der Waals surface area contributed by atoms with E-state index in [4.69, 9.17) is 16.3 Å². The van der Waals surface area contributed by atoms with Gasteiger partial charge in [0.05, 0.1) is 5.60 Å². The van der Waals surface area contributed by atoms with Crippen molar-refractivity contribution in [3.05, 3.63) is 58.1 Å². The number of hydrogen-bond acceptors (Lipinski definition) is 3. The molecular formula is C17H21ClN2O. The summed E-state index contributed by atoms with van der Waals surface area (Å²) in [6.45, 7) is 8.48. The summed E-state index contributed by atoms with van der Waals surface area (Å²) in [6.07, 6.45) is 2.61. The number of halogens is 1. The highest BCUT2D eigenvalue weighted by Crippen LogP contribution is 2.20. The standard InChI is InChI=1S/C17H21ClN2O/c1-12-14(9-13-7-5-6-8-15(13)18)10-19-16(20-12)11-21-17(2,3)4/h5-8,10H,9,11H2,1-4H3. The molecule has 0 fully saturated rings. The van der Waals surface area contributed by atoms with Crippen molar-refractivity contribution in [1.29, 1.82) is 0 Å². The van der Waals surface area contributed by atoms with E-state index in [-0.39, 0.29) is 5.60 Å². The fourth-order valence-corrected chi connectivity index (χ4v) is 2.11. The van der Waals surface area contributed by atoms with Crippen LogP contribution in [0, 0.1) is 6.92 Å². The van der Waals surface area contributed by atoms with Gasteiger partial charge in [0.15, 0.2) is 5.82 Å². The molecule has 1 aromatic heterocycles. The Labute approximate surface area is 131 Å². The lowest BCUT2D eigenvalue weighted by atomic mass is 10.1. The lowest BCUT2D eigenvalue weighted by Crippen LogP contribution is -2.19. The van der Waals surface area contributed by atoms with Crippen molar-refractivity contribution in [2.75, 3.05) is 0 Å². The molecule has 0 bridgehead atoms. The van der Waals surface area contributed by atoms with Crippen molar-refractivity contribution in [3.8, 4) is 0 Å². The summed E-state index contributed by atoms with van der Waals surface area (Å²) in [4.78, 5) is 8.91. The summed E-state index contributed by atoms with van der Waals surface area (Å²) in [6, 6.07) is 7.85. The van der Waals surface area contributed by atoms with Crippen molar-refractivity contribution in [2.24, 2.45) is 0 Å². The molecule has 2 aromatic rings. The predicted molar refractivity (Wildman–Crippen MR) is 85.6 cm³/mol. The third-order valence-electron chi connectivity index (χ3n) is 3.10. The van der Waals surface area contributed by atoms with Crippen molar-refractivity contribution < 1.29 is 4.74 Å². The molecule has 1 heterocycles. The molecule has 4 heteroatoms. The molecule has 0 saturated heterocycles. The van der Waals surface area contributed by atoms with Crippen LogP contribution in [0.1, 0.15) is 43.4 Å². The van der Waals surface area contributed by atoms with Crippen LogP contribution >= 0.6 is 11.6 Å². The molecule has 2 rings (SSSR count). The van der Waals surface area contributed by atoms with Crippen LogP contribution in [0.15, 0.2) is 30.5 Å². The highest BCUT2D eigenvalue weighted by Gasteiger charge is 2.12. The van der Waals surface area contributed by atoms with Gasteiger partial charge in [-0.2, -0.15) is 0 Å². The van der Waals surface area contributed by atoms with Crippen molar-refractivity contribution >= 4 is 11.6 Å². The highest BCUT2D eigenvalue weighted by atomic mass is 35.5. The minimum absolute atomic E-state index is 0.187. The normalized spacial score (nSPS) is 11.7. The van der Waals surface area contributed by atoms with Crippen LogP contribution < -0.4 is 0 Å². The largest absolute Gasteiger partial charge is 0.368 e. The van der Waals surface area contributed by atoms with Crippen LogP contribution in [0.3, 0.4) is 0 Å². The Morgan fingerprint density at radius 2 is 1.86 bits per heavy atom. The number of rotatable bonds is 4. The molecule has 21 heavy (non-hydrogen) atoms. The zero-order chi connectivity index (χ0) is 15.5. The first-order valence-electron chi connectivity index (χ1n) is 7.04. The molecule has 0 aliphatic rings. The molecule has 1 aromatic carbocycles. The fraction of sp³-hybridized carbons (Fsp3) is 0.412. The number of aromatic nitrogens is 2. The van der Waals surface area contributed by atoms with E-state index in [1.165, 1.54) is 0 Å². The predicted octanol–water partition coefficient (Wildman–Crippen LogP) is 4.34. The fourth-order valence-electron chi connectivity index (χ4n) is 1.91. The van der Waals surface area contributed by atoms with Gasteiger partial charge in [-0.1, -0.05) is 29.8 Å². The lowest BCUT2D eigenvalue weighted by molar-refractivity contribution is -0.0182. The molecule has 0 saturated carbocycles. The third-order valence-corrected chi connectivity index (χ3v) is 3.47. The van der Waals surface area contributed by atoms with Crippen LogP contribution in [0.5, 0.6) is 0 Å². The van der Waals surface area contributed by atoms with E-state index in [2.05, 4.69) is 9.97 Å². The number of nitrogens with zero attached hydrogens (tertiary/aromatic N) is 2. The number of hydrogen-bond donors (Lipinski definition) is 0. The zero-order valence-corrected chi connectivity index (χ0v) is 13.7. The van der Waals surface area contributed by atoms with Gasteiger partial charge < -0.3 is 4.74 Å². The Morgan fingerprint density at radius 3 is 2.48 bits per heavy atom. The zero-order valence-electron chi connectivity index (χ0n) is 13.0. The maximum atomic E-state index is 6.20. The SMILES string of the molecule is Cc1nc(COC(C)(C)C)ncc1Cc1ccccc1Cl. The van der Waals surface area contributed by atoms with Crippen molar-refractivity contribution in [2.45, 2.75) is 46.3 Å². The van der Waals surface area contributed by atoms with Gasteiger partial charge in [0.1, 0.15) is 6.61 Å². The van der Waals surface area contributed by atoms with Crippen LogP contribution in [0.4, 0.5) is 0 Å². The summed E-state index contributed by atoms with van der Waals surface area (Å²) in [5.41, 5.74) is 2.96. The van der Waals surface area contributed by atoms with Gasteiger partial charge in [0.25, 0.3) is 0 Å². The van der Waals surface area contributed by atoms with Crippen LogP contribution in [0.2, 0.25) is 5.02 Å². The number of benzene rings is 1. The Balaban J connectivity index is 2.11. The van der Waals surface area contributed by atoms with Gasteiger partial charge in [-0.15, -0.1) is 0 Å². The second-order valence-corrected chi connectivity index (χ2v) is 6.47. The number of aryl methyl sites for hydroxylation is 1. The van der Waals surface area contributed by atoms with E-state index < -0.39 is 0 Å².